The largest absolute Gasteiger partial charge is 0.490 e. The van der Waals surface area contributed by atoms with Gasteiger partial charge in [0.1, 0.15) is 0 Å². The van der Waals surface area contributed by atoms with E-state index < -0.39 is 0 Å². The Morgan fingerprint density at radius 3 is 2.89 bits per heavy atom. The van der Waals surface area contributed by atoms with Crippen LogP contribution in [-0.4, -0.2) is 30.6 Å². The van der Waals surface area contributed by atoms with E-state index in [0.717, 1.165) is 37.9 Å². The highest BCUT2D eigenvalue weighted by Gasteiger charge is 2.16. The van der Waals surface area contributed by atoms with Crippen molar-refractivity contribution in [1.29, 1.82) is 0 Å². The molecule has 0 aliphatic carbocycles. The predicted molar refractivity (Wildman–Crippen MR) is 109 cm³/mol. The summed E-state index contributed by atoms with van der Waals surface area (Å²) in [4.78, 5) is 16.5. The lowest BCUT2D eigenvalue weighted by Gasteiger charge is -2.14. The lowest BCUT2D eigenvalue weighted by Crippen LogP contribution is -2.23. The molecule has 1 aliphatic heterocycles. The minimum atomic E-state index is 0.0633. The van der Waals surface area contributed by atoms with Crippen molar-refractivity contribution in [3.8, 4) is 17.4 Å². The third kappa shape index (κ3) is 5.96. The van der Waals surface area contributed by atoms with Crippen molar-refractivity contribution < 1.29 is 14.3 Å². The van der Waals surface area contributed by atoms with Crippen LogP contribution in [0, 0.1) is 5.92 Å². The molecule has 1 aliphatic rings. The molecule has 28 heavy (non-hydrogen) atoms. The molecule has 1 aromatic carbocycles. The van der Waals surface area contributed by atoms with Crippen LogP contribution in [0.3, 0.4) is 0 Å². The summed E-state index contributed by atoms with van der Waals surface area (Å²) in [5, 5.41) is 6.32. The van der Waals surface area contributed by atoms with Crippen molar-refractivity contribution >= 4 is 5.91 Å². The average molecular weight is 383 g/mol. The Kier molecular flexibility index (Phi) is 7.67. The molecule has 6 heteroatoms. The van der Waals surface area contributed by atoms with E-state index >= 15 is 0 Å². The van der Waals surface area contributed by atoms with Gasteiger partial charge in [0.2, 0.25) is 11.8 Å². The maximum absolute atomic E-state index is 12.2. The van der Waals surface area contributed by atoms with Gasteiger partial charge < -0.3 is 20.1 Å². The minimum absolute atomic E-state index is 0.0633. The zero-order chi connectivity index (χ0) is 19.6. The molecule has 150 valence electrons. The van der Waals surface area contributed by atoms with Gasteiger partial charge in [-0.3, -0.25) is 4.79 Å². The van der Waals surface area contributed by atoms with Gasteiger partial charge in [-0.05, 0) is 56.5 Å². The molecule has 0 bridgehead atoms. The Hall–Kier alpha value is -2.60. The van der Waals surface area contributed by atoms with Crippen molar-refractivity contribution in [1.82, 2.24) is 15.6 Å². The number of nitrogens with one attached hydrogen (secondary N) is 2. The number of hydrogen-bond donors (Lipinski definition) is 2. The molecular formula is C22H29N3O3. The van der Waals surface area contributed by atoms with Crippen LogP contribution < -0.4 is 20.1 Å². The quantitative estimate of drug-likeness (QED) is 0.655. The van der Waals surface area contributed by atoms with E-state index in [1.807, 2.05) is 36.4 Å². The van der Waals surface area contributed by atoms with Crippen molar-refractivity contribution in [2.75, 3.05) is 19.7 Å². The zero-order valence-corrected chi connectivity index (χ0v) is 16.4. The highest BCUT2D eigenvalue weighted by Crippen LogP contribution is 2.31. The van der Waals surface area contributed by atoms with Gasteiger partial charge in [0.15, 0.2) is 11.5 Å². The summed E-state index contributed by atoms with van der Waals surface area (Å²) in [5.74, 6) is 2.47. The molecule has 1 saturated heterocycles. The first-order valence-electron chi connectivity index (χ1n) is 10.1. The van der Waals surface area contributed by atoms with E-state index in [4.69, 9.17) is 9.47 Å². The van der Waals surface area contributed by atoms with Gasteiger partial charge in [-0.25, -0.2) is 4.98 Å². The normalized spacial score (nSPS) is 16.0. The van der Waals surface area contributed by atoms with Gasteiger partial charge in [0.05, 0.1) is 6.61 Å². The molecule has 0 spiro atoms. The first kappa shape index (κ1) is 20.1. The summed E-state index contributed by atoms with van der Waals surface area (Å²) in [6.07, 6.45) is 5.25. The molecule has 1 fully saturated rings. The first-order valence-corrected chi connectivity index (χ1v) is 10.1. The third-order valence-corrected chi connectivity index (χ3v) is 4.79. The average Bonchev–Trinajstić information content (AvgIpc) is 3.24. The lowest BCUT2D eigenvalue weighted by atomic mass is 10.0. The topological polar surface area (TPSA) is 72.5 Å². The number of ether oxygens (including phenoxy) is 2. The fraction of sp³-hybridized carbons (Fsp3) is 0.455. The Morgan fingerprint density at radius 1 is 1.25 bits per heavy atom. The van der Waals surface area contributed by atoms with Crippen molar-refractivity contribution in [3.05, 3.63) is 48.2 Å². The first-order chi connectivity index (χ1) is 13.8. The van der Waals surface area contributed by atoms with E-state index in [1.165, 1.54) is 0 Å². The maximum Gasteiger partial charge on any atom is 0.224 e. The molecule has 6 nitrogen and oxygen atoms in total. The van der Waals surface area contributed by atoms with Crippen LogP contribution in [0.1, 0.15) is 38.2 Å². The zero-order valence-electron chi connectivity index (χ0n) is 16.4. The molecule has 1 atom stereocenters. The smallest absolute Gasteiger partial charge is 0.224 e. The number of pyridine rings is 1. The lowest BCUT2D eigenvalue weighted by molar-refractivity contribution is -0.121. The third-order valence-electron chi connectivity index (χ3n) is 4.79. The van der Waals surface area contributed by atoms with Crippen LogP contribution >= 0.6 is 0 Å². The molecule has 2 aromatic rings. The van der Waals surface area contributed by atoms with E-state index in [0.29, 0.717) is 42.9 Å². The standard InChI is InChI=1S/C22H29N3O3/c1-2-14-27-19-7-3-4-8-20(19)28-22-18(6-5-12-24-22)16-25-21(26)10-9-17-11-13-23-15-17/h3-8,12,17,23H,2,9-11,13-16H2,1H3,(H,25,26). The number of aromatic nitrogens is 1. The van der Waals surface area contributed by atoms with Crippen molar-refractivity contribution in [3.63, 3.8) is 0 Å². The van der Waals surface area contributed by atoms with Crippen LogP contribution in [0.15, 0.2) is 42.6 Å². The number of benzene rings is 1. The number of carbonyl (C=O) groups excluding carboxylic acids is 1. The molecular weight excluding hydrogens is 354 g/mol. The van der Waals surface area contributed by atoms with E-state index in [9.17, 15) is 4.79 Å². The van der Waals surface area contributed by atoms with Gasteiger partial charge in [-0.2, -0.15) is 0 Å². The number of hydrogen-bond acceptors (Lipinski definition) is 5. The van der Waals surface area contributed by atoms with Gasteiger partial charge in [0.25, 0.3) is 0 Å². The Labute approximate surface area is 166 Å². The van der Waals surface area contributed by atoms with Gasteiger partial charge in [-0.1, -0.05) is 25.1 Å². The molecule has 0 saturated carbocycles. The Morgan fingerprint density at radius 2 is 2.11 bits per heavy atom. The number of rotatable bonds is 10. The summed E-state index contributed by atoms with van der Waals surface area (Å²) in [7, 11) is 0. The second kappa shape index (κ2) is 10.7. The van der Waals surface area contributed by atoms with Crippen LogP contribution in [-0.2, 0) is 11.3 Å². The fourth-order valence-electron chi connectivity index (χ4n) is 3.20. The van der Waals surface area contributed by atoms with Gasteiger partial charge in [-0.15, -0.1) is 0 Å². The summed E-state index contributed by atoms with van der Waals surface area (Å²) >= 11 is 0. The van der Waals surface area contributed by atoms with Crippen molar-refractivity contribution in [2.24, 2.45) is 5.92 Å². The molecule has 1 aromatic heterocycles. The maximum atomic E-state index is 12.2. The van der Waals surface area contributed by atoms with Crippen LogP contribution in [0.25, 0.3) is 0 Å². The predicted octanol–water partition coefficient (Wildman–Crippen LogP) is 3.67. The fourth-order valence-corrected chi connectivity index (χ4v) is 3.20. The number of carbonyl (C=O) groups is 1. The molecule has 2 N–H and O–H groups in total. The molecule has 0 radical (unpaired) electrons. The second-order valence-electron chi connectivity index (χ2n) is 7.04. The molecule has 3 rings (SSSR count). The highest BCUT2D eigenvalue weighted by molar-refractivity contribution is 5.75. The SMILES string of the molecule is CCCOc1ccccc1Oc1ncccc1CNC(=O)CCC1CCNC1. The monoisotopic (exact) mass is 383 g/mol. The van der Waals surface area contributed by atoms with Crippen molar-refractivity contribution in [2.45, 2.75) is 39.2 Å². The number of amides is 1. The number of nitrogens with zero attached hydrogens (tertiary/aromatic N) is 1. The Balaban J connectivity index is 1.58. The summed E-state index contributed by atoms with van der Waals surface area (Å²) < 4.78 is 11.8. The van der Waals surface area contributed by atoms with E-state index in [1.54, 1.807) is 6.20 Å². The minimum Gasteiger partial charge on any atom is -0.490 e. The van der Waals surface area contributed by atoms with Crippen LogP contribution in [0.2, 0.25) is 0 Å². The van der Waals surface area contributed by atoms with E-state index in [-0.39, 0.29) is 5.91 Å². The summed E-state index contributed by atoms with van der Waals surface area (Å²) in [5.41, 5.74) is 0.837. The Bertz CT molecular complexity index is 760. The summed E-state index contributed by atoms with van der Waals surface area (Å²) in [6.45, 7) is 5.16. The molecule has 2 heterocycles. The van der Waals surface area contributed by atoms with Crippen LogP contribution in [0.4, 0.5) is 0 Å². The number of para-hydroxylation sites is 2. The highest BCUT2D eigenvalue weighted by atomic mass is 16.5. The van der Waals surface area contributed by atoms with Crippen LogP contribution in [0.5, 0.6) is 17.4 Å². The van der Waals surface area contributed by atoms with Gasteiger partial charge >= 0.3 is 0 Å². The second-order valence-corrected chi connectivity index (χ2v) is 7.04. The van der Waals surface area contributed by atoms with E-state index in [2.05, 4.69) is 22.5 Å². The summed E-state index contributed by atoms with van der Waals surface area (Å²) in [6, 6.07) is 11.3. The van der Waals surface area contributed by atoms with Gasteiger partial charge in [0, 0.05) is 24.7 Å². The molecule has 1 amide bonds. The molecule has 1 unspecified atom stereocenters.